The van der Waals surface area contributed by atoms with Gasteiger partial charge in [0.05, 0.1) is 12.2 Å². The van der Waals surface area contributed by atoms with Gasteiger partial charge in [-0.25, -0.2) is 0 Å². The third kappa shape index (κ3) is 3.68. The van der Waals surface area contributed by atoms with Gasteiger partial charge in [0.15, 0.2) is 0 Å². The molecule has 1 saturated heterocycles. The van der Waals surface area contributed by atoms with Crippen LogP contribution in [0.1, 0.15) is 40.5 Å². The fourth-order valence-corrected chi connectivity index (χ4v) is 2.11. The number of hydrogen-bond donors (Lipinski definition) is 1. The molecule has 2 atom stereocenters. The summed E-state index contributed by atoms with van der Waals surface area (Å²) < 4.78 is 5.07. The van der Waals surface area contributed by atoms with E-state index >= 15 is 0 Å². The first-order valence-electron chi connectivity index (χ1n) is 6.51. The fourth-order valence-electron chi connectivity index (χ4n) is 2.11. The van der Waals surface area contributed by atoms with Crippen LogP contribution in [0, 0.1) is 5.92 Å². The maximum absolute atomic E-state index is 11.8. The highest BCUT2D eigenvalue weighted by Gasteiger charge is 2.37. The van der Waals surface area contributed by atoms with Crippen LogP contribution >= 0.6 is 0 Å². The lowest BCUT2D eigenvalue weighted by molar-refractivity contribution is -0.149. The first-order valence-corrected chi connectivity index (χ1v) is 6.51. The number of rotatable bonds is 5. The molecule has 1 aliphatic heterocycles. The lowest BCUT2D eigenvalue weighted by atomic mass is 9.92. The first kappa shape index (κ1) is 14.5. The molecule has 4 heteroatoms. The van der Waals surface area contributed by atoms with E-state index in [4.69, 9.17) is 4.74 Å². The normalized spacial score (nSPS) is 24.9. The Bertz CT molecular complexity index is 263. The van der Waals surface area contributed by atoms with Crippen LogP contribution in [0.15, 0.2) is 0 Å². The van der Waals surface area contributed by atoms with Gasteiger partial charge in [-0.05, 0) is 39.2 Å². The summed E-state index contributed by atoms with van der Waals surface area (Å²) >= 11 is 0. The van der Waals surface area contributed by atoms with E-state index in [1.165, 1.54) is 0 Å². The summed E-state index contributed by atoms with van der Waals surface area (Å²) in [5.74, 6) is 0.0236. The highest BCUT2D eigenvalue weighted by atomic mass is 16.5. The summed E-state index contributed by atoms with van der Waals surface area (Å²) in [4.78, 5) is 13.8. The van der Waals surface area contributed by atoms with Crippen LogP contribution in [-0.4, -0.2) is 47.3 Å². The highest BCUT2D eigenvalue weighted by molar-refractivity contribution is 5.76. The molecular weight excluding hydrogens is 218 g/mol. The van der Waals surface area contributed by atoms with Crippen LogP contribution < -0.4 is 0 Å². The Morgan fingerprint density at radius 3 is 2.76 bits per heavy atom. The second kappa shape index (κ2) is 5.83. The van der Waals surface area contributed by atoms with Crippen molar-refractivity contribution in [2.45, 2.75) is 52.2 Å². The van der Waals surface area contributed by atoms with Crippen LogP contribution in [0.4, 0.5) is 0 Å². The minimum Gasteiger partial charge on any atom is -0.465 e. The van der Waals surface area contributed by atoms with Gasteiger partial charge < -0.3 is 9.84 Å². The molecule has 0 aromatic rings. The number of hydrogen-bond acceptors (Lipinski definition) is 4. The van der Waals surface area contributed by atoms with Gasteiger partial charge in [0.25, 0.3) is 0 Å². The predicted molar refractivity (Wildman–Crippen MR) is 66.7 cm³/mol. The number of carbonyl (C=O) groups excluding carboxylic acids is 1. The summed E-state index contributed by atoms with van der Waals surface area (Å²) in [6.45, 7) is 9.47. The van der Waals surface area contributed by atoms with Crippen molar-refractivity contribution in [2.75, 3.05) is 19.7 Å². The van der Waals surface area contributed by atoms with E-state index in [2.05, 4.69) is 4.90 Å². The quantitative estimate of drug-likeness (QED) is 0.742. The van der Waals surface area contributed by atoms with E-state index in [1.807, 2.05) is 27.7 Å². The molecule has 1 fully saturated rings. The Morgan fingerprint density at radius 1 is 1.59 bits per heavy atom. The van der Waals surface area contributed by atoms with Gasteiger partial charge in [0, 0.05) is 6.54 Å². The molecule has 1 aliphatic rings. The average molecular weight is 243 g/mol. The molecule has 0 bridgehead atoms. The molecule has 0 saturated carbocycles. The molecule has 0 amide bonds. The van der Waals surface area contributed by atoms with Crippen molar-refractivity contribution < 1.29 is 14.6 Å². The van der Waals surface area contributed by atoms with Crippen molar-refractivity contribution in [2.24, 2.45) is 5.92 Å². The maximum Gasteiger partial charge on any atom is 0.323 e. The summed E-state index contributed by atoms with van der Waals surface area (Å²) in [5.41, 5.74) is -0.755. The zero-order valence-corrected chi connectivity index (χ0v) is 11.4. The highest BCUT2D eigenvalue weighted by Crippen LogP contribution is 2.24. The van der Waals surface area contributed by atoms with E-state index in [1.54, 1.807) is 0 Å². The molecule has 1 N–H and O–H groups in total. The number of ether oxygens (including phenoxy) is 1. The minimum absolute atomic E-state index is 0.149. The van der Waals surface area contributed by atoms with E-state index in [0.717, 1.165) is 19.4 Å². The molecule has 2 unspecified atom stereocenters. The second-order valence-electron chi connectivity index (χ2n) is 5.39. The minimum atomic E-state index is -0.755. The number of β-amino-alcohol motifs (C(OH)–C–C–N with tert-alkyl or cyclic N) is 1. The first-order chi connectivity index (χ1) is 7.88. The molecule has 0 aromatic heterocycles. The predicted octanol–water partition coefficient (Wildman–Crippen LogP) is 1.42. The third-order valence-corrected chi connectivity index (χ3v) is 3.69. The van der Waals surface area contributed by atoms with Crippen LogP contribution in [-0.2, 0) is 9.53 Å². The zero-order chi connectivity index (χ0) is 13.1. The number of esters is 1. The lowest BCUT2D eigenvalue weighted by Gasteiger charge is -2.34. The smallest absolute Gasteiger partial charge is 0.323 e. The maximum atomic E-state index is 11.8. The van der Waals surface area contributed by atoms with Crippen LogP contribution in [0.5, 0.6) is 0 Å². The van der Waals surface area contributed by atoms with Crippen molar-refractivity contribution in [3.8, 4) is 0 Å². The van der Waals surface area contributed by atoms with E-state index in [0.29, 0.717) is 13.2 Å². The summed E-state index contributed by atoms with van der Waals surface area (Å²) in [5, 5.41) is 10.3. The van der Waals surface area contributed by atoms with Gasteiger partial charge in [-0.15, -0.1) is 0 Å². The molecule has 0 aromatic carbocycles. The molecule has 17 heavy (non-hydrogen) atoms. The molecule has 0 radical (unpaired) electrons. The Morgan fingerprint density at radius 2 is 2.24 bits per heavy atom. The van der Waals surface area contributed by atoms with Gasteiger partial charge in [-0.3, -0.25) is 9.69 Å². The lowest BCUT2D eigenvalue weighted by Crippen LogP contribution is -2.48. The van der Waals surface area contributed by atoms with Crippen molar-refractivity contribution in [1.82, 2.24) is 4.90 Å². The van der Waals surface area contributed by atoms with Crippen LogP contribution in [0.2, 0.25) is 0 Å². The van der Waals surface area contributed by atoms with Crippen LogP contribution in [0.3, 0.4) is 0 Å². The number of aliphatic hydroxyl groups is 1. The molecule has 4 nitrogen and oxygen atoms in total. The van der Waals surface area contributed by atoms with E-state index in [9.17, 15) is 9.90 Å². The molecule has 0 aliphatic carbocycles. The number of likely N-dealkylation sites (tertiary alicyclic amines) is 1. The average Bonchev–Trinajstić information content (AvgIpc) is 2.65. The van der Waals surface area contributed by atoms with Gasteiger partial charge in [0.1, 0.15) is 6.04 Å². The van der Waals surface area contributed by atoms with Gasteiger partial charge in [-0.1, -0.05) is 13.8 Å². The molecule has 1 heterocycles. The van der Waals surface area contributed by atoms with E-state index in [-0.39, 0.29) is 17.9 Å². The largest absolute Gasteiger partial charge is 0.465 e. The molecule has 1 rings (SSSR count). The van der Waals surface area contributed by atoms with Crippen molar-refractivity contribution in [3.05, 3.63) is 0 Å². The Labute approximate surface area is 104 Å². The van der Waals surface area contributed by atoms with E-state index < -0.39 is 5.60 Å². The Kier molecular flexibility index (Phi) is 4.95. The molecular formula is C13H25NO3. The SMILES string of the molecule is CCOC(=O)C1CCCN1CC(C)(O)C(C)C. The van der Waals surface area contributed by atoms with Gasteiger partial charge in [-0.2, -0.15) is 0 Å². The monoisotopic (exact) mass is 243 g/mol. The standard InChI is InChI=1S/C13H25NO3/c1-5-17-12(15)11-7-6-8-14(11)9-13(4,16)10(2)3/h10-11,16H,5-9H2,1-4H3. The summed E-state index contributed by atoms with van der Waals surface area (Å²) in [6.07, 6.45) is 1.84. The second-order valence-corrected chi connectivity index (χ2v) is 5.39. The molecule has 100 valence electrons. The summed E-state index contributed by atoms with van der Waals surface area (Å²) in [7, 11) is 0. The topological polar surface area (TPSA) is 49.8 Å². The number of nitrogens with zero attached hydrogens (tertiary/aromatic N) is 1. The third-order valence-electron chi connectivity index (χ3n) is 3.69. The fraction of sp³-hybridized carbons (Fsp3) is 0.923. The Balaban J connectivity index is 2.61. The van der Waals surface area contributed by atoms with Crippen molar-refractivity contribution in [3.63, 3.8) is 0 Å². The van der Waals surface area contributed by atoms with Gasteiger partial charge in [0.2, 0.25) is 0 Å². The zero-order valence-electron chi connectivity index (χ0n) is 11.4. The van der Waals surface area contributed by atoms with Crippen molar-refractivity contribution in [1.29, 1.82) is 0 Å². The molecule has 0 spiro atoms. The Hall–Kier alpha value is -0.610. The summed E-state index contributed by atoms with van der Waals surface area (Å²) in [6, 6.07) is -0.167. The van der Waals surface area contributed by atoms with Gasteiger partial charge >= 0.3 is 5.97 Å². The van der Waals surface area contributed by atoms with Crippen molar-refractivity contribution >= 4 is 5.97 Å². The number of carbonyl (C=O) groups is 1. The van der Waals surface area contributed by atoms with Crippen LogP contribution in [0.25, 0.3) is 0 Å².